The summed E-state index contributed by atoms with van der Waals surface area (Å²) in [5.74, 6) is 1.94. The van der Waals surface area contributed by atoms with Crippen LogP contribution in [-0.4, -0.2) is 0 Å². The Hall–Kier alpha value is -0.260. The Kier molecular flexibility index (Phi) is 3.67. The average Bonchev–Trinajstić information content (AvgIpc) is 2.23. The van der Waals surface area contributed by atoms with E-state index in [0.717, 1.165) is 11.8 Å². The smallest absolute Gasteiger partial charge is 0.0203 e. The molecule has 0 nitrogen and oxygen atoms in total. The van der Waals surface area contributed by atoms with E-state index in [0.29, 0.717) is 0 Å². The van der Waals surface area contributed by atoms with Crippen molar-refractivity contribution in [3.05, 3.63) is 12.2 Å². The van der Waals surface area contributed by atoms with E-state index < -0.39 is 0 Å². The first kappa shape index (κ1) is 10.3. The first-order valence-electron chi connectivity index (χ1n) is 6.54. The lowest BCUT2D eigenvalue weighted by molar-refractivity contribution is 0.282. The Bertz CT molecular complexity index is 186. The molecular weight excluding hydrogens is 168 g/mol. The molecule has 2 aliphatic rings. The summed E-state index contributed by atoms with van der Waals surface area (Å²) in [4.78, 5) is 0. The van der Waals surface area contributed by atoms with Crippen molar-refractivity contribution < 1.29 is 0 Å². The largest absolute Gasteiger partial charge is 0.0996 e. The monoisotopic (exact) mass is 192 g/mol. The maximum absolute atomic E-state index is 4.26. The molecule has 0 heteroatoms. The molecule has 14 heavy (non-hydrogen) atoms. The Labute approximate surface area is 88.8 Å². The summed E-state index contributed by atoms with van der Waals surface area (Å²) in [6, 6.07) is 0. The minimum absolute atomic E-state index is 0.895. The molecule has 1 unspecified atom stereocenters. The lowest BCUT2D eigenvalue weighted by Crippen LogP contribution is -2.16. The van der Waals surface area contributed by atoms with Gasteiger partial charge in [-0.25, -0.2) is 0 Å². The van der Waals surface area contributed by atoms with E-state index >= 15 is 0 Å². The highest BCUT2D eigenvalue weighted by Crippen LogP contribution is 2.37. The molecule has 0 spiro atoms. The fourth-order valence-electron chi connectivity index (χ4n) is 3.26. The van der Waals surface area contributed by atoms with Gasteiger partial charge in [0.1, 0.15) is 0 Å². The van der Waals surface area contributed by atoms with Crippen molar-refractivity contribution in [3.8, 4) is 0 Å². The molecule has 0 saturated heterocycles. The van der Waals surface area contributed by atoms with E-state index in [2.05, 4.69) is 6.58 Å². The molecule has 0 heterocycles. The first-order chi connectivity index (χ1) is 6.86. The molecule has 0 aromatic heterocycles. The number of rotatable bonds is 2. The fraction of sp³-hybridized carbons (Fsp3) is 0.857. The highest BCUT2D eigenvalue weighted by atomic mass is 14.3. The van der Waals surface area contributed by atoms with Crippen molar-refractivity contribution in [2.75, 3.05) is 0 Å². The third kappa shape index (κ3) is 2.62. The summed E-state index contributed by atoms with van der Waals surface area (Å²) >= 11 is 0. The third-order valence-corrected chi connectivity index (χ3v) is 4.22. The van der Waals surface area contributed by atoms with Gasteiger partial charge in [0.15, 0.2) is 0 Å². The summed E-state index contributed by atoms with van der Waals surface area (Å²) in [6.45, 7) is 4.26. The molecule has 0 radical (unpaired) electrons. The topological polar surface area (TPSA) is 0 Å². The van der Waals surface area contributed by atoms with Crippen molar-refractivity contribution >= 4 is 0 Å². The van der Waals surface area contributed by atoms with Crippen LogP contribution in [0.25, 0.3) is 0 Å². The van der Waals surface area contributed by atoms with Gasteiger partial charge in [0.2, 0.25) is 0 Å². The minimum atomic E-state index is 0.895. The fourth-order valence-corrected chi connectivity index (χ4v) is 3.26. The van der Waals surface area contributed by atoms with Gasteiger partial charge in [0.05, 0.1) is 0 Å². The Morgan fingerprint density at radius 1 is 0.929 bits per heavy atom. The second kappa shape index (κ2) is 5.00. The summed E-state index contributed by atoms with van der Waals surface area (Å²) in [6.07, 6.45) is 14.6. The second-order valence-corrected chi connectivity index (χ2v) is 5.34. The molecule has 2 saturated carbocycles. The van der Waals surface area contributed by atoms with E-state index in [4.69, 9.17) is 0 Å². The molecule has 0 aliphatic heterocycles. The van der Waals surface area contributed by atoms with E-state index in [1.54, 1.807) is 5.57 Å². The van der Waals surface area contributed by atoms with Crippen molar-refractivity contribution in [3.63, 3.8) is 0 Å². The molecule has 2 fully saturated rings. The molecule has 2 aliphatic carbocycles. The van der Waals surface area contributed by atoms with Crippen LogP contribution in [0, 0.1) is 11.8 Å². The molecule has 0 aromatic rings. The van der Waals surface area contributed by atoms with Gasteiger partial charge in [-0.1, -0.05) is 50.7 Å². The normalized spacial score (nSPS) is 30.6. The number of hydrogen-bond acceptors (Lipinski definition) is 0. The van der Waals surface area contributed by atoms with Crippen LogP contribution in [0.5, 0.6) is 0 Å². The lowest BCUT2D eigenvalue weighted by atomic mass is 9.76. The predicted molar refractivity (Wildman–Crippen MR) is 62.3 cm³/mol. The highest BCUT2D eigenvalue weighted by Gasteiger charge is 2.22. The molecule has 0 aromatic carbocycles. The van der Waals surface area contributed by atoms with Crippen LogP contribution in [0.4, 0.5) is 0 Å². The van der Waals surface area contributed by atoms with Gasteiger partial charge < -0.3 is 0 Å². The van der Waals surface area contributed by atoms with Gasteiger partial charge in [0, 0.05) is 0 Å². The van der Waals surface area contributed by atoms with Crippen molar-refractivity contribution in [2.24, 2.45) is 11.8 Å². The first-order valence-corrected chi connectivity index (χ1v) is 6.54. The molecule has 2 rings (SSSR count). The third-order valence-electron chi connectivity index (χ3n) is 4.22. The van der Waals surface area contributed by atoms with Gasteiger partial charge in [-0.05, 0) is 37.5 Å². The summed E-state index contributed by atoms with van der Waals surface area (Å²) in [7, 11) is 0. The number of allylic oxidation sites excluding steroid dienone is 1. The van der Waals surface area contributed by atoms with Crippen LogP contribution in [0.3, 0.4) is 0 Å². The van der Waals surface area contributed by atoms with E-state index in [9.17, 15) is 0 Å². The van der Waals surface area contributed by atoms with Gasteiger partial charge >= 0.3 is 0 Å². The van der Waals surface area contributed by atoms with Crippen molar-refractivity contribution in [1.82, 2.24) is 0 Å². The van der Waals surface area contributed by atoms with Gasteiger partial charge in [-0.3, -0.25) is 0 Å². The van der Waals surface area contributed by atoms with E-state index in [1.165, 1.54) is 64.2 Å². The van der Waals surface area contributed by atoms with Crippen LogP contribution < -0.4 is 0 Å². The molecular formula is C14H24. The minimum Gasteiger partial charge on any atom is -0.0996 e. The van der Waals surface area contributed by atoms with Crippen molar-refractivity contribution in [1.29, 1.82) is 0 Å². The molecule has 1 atom stereocenters. The molecule has 0 bridgehead atoms. The number of hydrogen-bond donors (Lipinski definition) is 0. The van der Waals surface area contributed by atoms with Gasteiger partial charge in [-0.2, -0.15) is 0 Å². The SMILES string of the molecule is C=C1CCCCC1CC1CCCCC1. The van der Waals surface area contributed by atoms with Crippen LogP contribution >= 0.6 is 0 Å². The predicted octanol–water partition coefficient (Wildman–Crippen LogP) is 4.70. The van der Waals surface area contributed by atoms with Crippen LogP contribution in [0.1, 0.15) is 64.2 Å². The molecule has 80 valence electrons. The zero-order chi connectivity index (χ0) is 9.80. The maximum Gasteiger partial charge on any atom is -0.0203 e. The van der Waals surface area contributed by atoms with Gasteiger partial charge in [-0.15, -0.1) is 0 Å². The standard InChI is InChI=1S/C14H24/c1-12-7-5-6-10-14(12)11-13-8-3-2-4-9-13/h13-14H,1-11H2. The Morgan fingerprint density at radius 2 is 1.64 bits per heavy atom. The zero-order valence-electron chi connectivity index (χ0n) is 9.43. The van der Waals surface area contributed by atoms with Crippen LogP contribution in [0.15, 0.2) is 12.2 Å². The quantitative estimate of drug-likeness (QED) is 0.556. The Morgan fingerprint density at radius 3 is 2.36 bits per heavy atom. The van der Waals surface area contributed by atoms with E-state index in [1.807, 2.05) is 0 Å². The van der Waals surface area contributed by atoms with Crippen LogP contribution in [-0.2, 0) is 0 Å². The average molecular weight is 192 g/mol. The zero-order valence-corrected chi connectivity index (χ0v) is 9.43. The van der Waals surface area contributed by atoms with Crippen LogP contribution in [0.2, 0.25) is 0 Å². The van der Waals surface area contributed by atoms with Gasteiger partial charge in [0.25, 0.3) is 0 Å². The lowest BCUT2D eigenvalue weighted by Gasteiger charge is -2.30. The Balaban J connectivity index is 1.79. The molecule has 0 N–H and O–H groups in total. The summed E-state index contributed by atoms with van der Waals surface area (Å²) < 4.78 is 0. The highest BCUT2D eigenvalue weighted by molar-refractivity contribution is 5.03. The maximum atomic E-state index is 4.26. The second-order valence-electron chi connectivity index (χ2n) is 5.34. The summed E-state index contributed by atoms with van der Waals surface area (Å²) in [5, 5.41) is 0. The van der Waals surface area contributed by atoms with E-state index in [-0.39, 0.29) is 0 Å². The molecule has 0 amide bonds. The summed E-state index contributed by atoms with van der Waals surface area (Å²) in [5.41, 5.74) is 1.57. The van der Waals surface area contributed by atoms with Crippen molar-refractivity contribution in [2.45, 2.75) is 64.2 Å².